The van der Waals surface area contributed by atoms with Gasteiger partial charge in [0.2, 0.25) is 5.43 Å². The first-order valence-corrected chi connectivity index (χ1v) is 10.3. The molecule has 0 aromatic carbocycles. The van der Waals surface area contributed by atoms with Crippen LogP contribution in [-0.2, 0) is 4.74 Å². The molecule has 7 heteroatoms. The molecule has 0 bridgehead atoms. The standard InChI is InChI=1S/C21H33N3O4/c1-5-15(4)23-21(27)18-13-24(16-8-6-7-9-16)12-17(19(18)25)20(26)22-10-11-28-14(2)3/h12-16H,5-11H2,1-4H3,(H,22,26)(H,23,27)/t15-/m0/s1. The van der Waals surface area contributed by atoms with Crippen LogP contribution in [0.2, 0.25) is 0 Å². The van der Waals surface area contributed by atoms with E-state index in [2.05, 4.69) is 10.6 Å². The van der Waals surface area contributed by atoms with Crippen molar-refractivity contribution in [1.82, 2.24) is 15.2 Å². The fraction of sp³-hybridized carbons (Fsp3) is 0.667. The number of carbonyl (C=O) groups is 2. The van der Waals surface area contributed by atoms with Gasteiger partial charge in [0.05, 0.1) is 12.7 Å². The molecule has 0 spiro atoms. The smallest absolute Gasteiger partial charge is 0.256 e. The van der Waals surface area contributed by atoms with Crippen LogP contribution in [0.3, 0.4) is 0 Å². The Morgan fingerprint density at radius 1 is 1.14 bits per heavy atom. The summed E-state index contributed by atoms with van der Waals surface area (Å²) >= 11 is 0. The lowest BCUT2D eigenvalue weighted by Crippen LogP contribution is -2.39. The van der Waals surface area contributed by atoms with E-state index in [0.29, 0.717) is 13.2 Å². The lowest BCUT2D eigenvalue weighted by atomic mass is 10.1. The van der Waals surface area contributed by atoms with Crippen LogP contribution in [0, 0.1) is 0 Å². The van der Waals surface area contributed by atoms with Gasteiger partial charge in [0.1, 0.15) is 11.1 Å². The Bertz CT molecular complexity index is 736. The molecule has 28 heavy (non-hydrogen) atoms. The SMILES string of the molecule is CC[C@H](C)NC(=O)c1cn(C2CCCC2)cc(C(=O)NCCOC(C)C)c1=O. The van der Waals surface area contributed by atoms with Gasteiger partial charge in [-0.25, -0.2) is 0 Å². The minimum atomic E-state index is -0.530. The Balaban J connectivity index is 2.28. The van der Waals surface area contributed by atoms with E-state index in [1.165, 1.54) is 0 Å². The molecule has 1 atom stereocenters. The molecular weight excluding hydrogens is 358 g/mol. The van der Waals surface area contributed by atoms with Crippen molar-refractivity contribution in [2.45, 2.75) is 78.0 Å². The lowest BCUT2D eigenvalue weighted by molar-refractivity contribution is 0.0746. The molecule has 0 saturated heterocycles. The van der Waals surface area contributed by atoms with Crippen molar-refractivity contribution in [1.29, 1.82) is 0 Å². The predicted molar refractivity (Wildman–Crippen MR) is 109 cm³/mol. The summed E-state index contributed by atoms with van der Waals surface area (Å²) < 4.78 is 7.29. The molecule has 1 fully saturated rings. The summed E-state index contributed by atoms with van der Waals surface area (Å²) in [5.41, 5.74) is -0.496. The van der Waals surface area contributed by atoms with Crippen LogP contribution in [0.15, 0.2) is 17.2 Å². The second-order valence-corrected chi connectivity index (χ2v) is 7.76. The Kier molecular flexibility index (Phi) is 8.23. The van der Waals surface area contributed by atoms with Gasteiger partial charge in [-0.2, -0.15) is 0 Å². The van der Waals surface area contributed by atoms with Crippen LogP contribution < -0.4 is 16.1 Å². The zero-order valence-corrected chi connectivity index (χ0v) is 17.4. The normalized spacial score (nSPS) is 15.6. The summed E-state index contributed by atoms with van der Waals surface area (Å²) in [6.07, 6.45) is 8.23. The van der Waals surface area contributed by atoms with Crippen LogP contribution in [0.5, 0.6) is 0 Å². The third kappa shape index (κ3) is 5.92. The van der Waals surface area contributed by atoms with Crippen molar-refractivity contribution >= 4 is 11.8 Å². The third-order valence-corrected chi connectivity index (χ3v) is 5.11. The minimum absolute atomic E-state index is 0.00764. The van der Waals surface area contributed by atoms with E-state index >= 15 is 0 Å². The van der Waals surface area contributed by atoms with Gasteiger partial charge >= 0.3 is 0 Å². The number of aromatic nitrogens is 1. The van der Waals surface area contributed by atoms with Crippen molar-refractivity contribution in [2.24, 2.45) is 0 Å². The van der Waals surface area contributed by atoms with Gasteiger partial charge in [-0.15, -0.1) is 0 Å². The zero-order valence-electron chi connectivity index (χ0n) is 17.4. The highest BCUT2D eigenvalue weighted by Gasteiger charge is 2.23. The third-order valence-electron chi connectivity index (χ3n) is 5.11. The number of nitrogens with zero attached hydrogens (tertiary/aromatic N) is 1. The van der Waals surface area contributed by atoms with Crippen molar-refractivity contribution in [3.05, 3.63) is 33.7 Å². The van der Waals surface area contributed by atoms with Crippen LogP contribution in [0.4, 0.5) is 0 Å². The minimum Gasteiger partial charge on any atom is -0.377 e. The molecule has 0 unspecified atom stereocenters. The van der Waals surface area contributed by atoms with Crippen molar-refractivity contribution in [3.8, 4) is 0 Å². The molecule has 0 aliphatic heterocycles. The van der Waals surface area contributed by atoms with Gasteiger partial charge in [0.15, 0.2) is 0 Å². The molecule has 2 N–H and O–H groups in total. The summed E-state index contributed by atoms with van der Waals surface area (Å²) in [6, 6.07) is 0.170. The van der Waals surface area contributed by atoms with E-state index in [1.807, 2.05) is 32.3 Å². The number of ether oxygens (including phenoxy) is 1. The molecule has 7 nitrogen and oxygen atoms in total. The maximum atomic E-state index is 12.9. The number of rotatable bonds is 9. The Hall–Kier alpha value is -2.15. The molecular formula is C21H33N3O4. The second kappa shape index (κ2) is 10.4. The molecule has 2 rings (SSSR count). The van der Waals surface area contributed by atoms with Gasteiger partial charge < -0.3 is 19.9 Å². The van der Waals surface area contributed by atoms with Crippen molar-refractivity contribution in [2.75, 3.05) is 13.2 Å². The maximum Gasteiger partial charge on any atom is 0.256 e. The van der Waals surface area contributed by atoms with Crippen molar-refractivity contribution < 1.29 is 14.3 Å². The molecule has 0 radical (unpaired) electrons. The van der Waals surface area contributed by atoms with Gasteiger partial charge in [-0.05, 0) is 40.0 Å². The average Bonchev–Trinajstić information content (AvgIpc) is 3.19. The highest BCUT2D eigenvalue weighted by Crippen LogP contribution is 2.29. The van der Waals surface area contributed by atoms with E-state index in [9.17, 15) is 14.4 Å². The fourth-order valence-corrected chi connectivity index (χ4v) is 3.29. The zero-order chi connectivity index (χ0) is 20.7. The molecule has 1 aliphatic rings. The molecule has 1 aromatic heterocycles. The number of amides is 2. The molecule has 2 amide bonds. The summed E-state index contributed by atoms with van der Waals surface area (Å²) in [5, 5.41) is 5.55. The van der Waals surface area contributed by atoms with E-state index in [1.54, 1.807) is 12.4 Å². The molecule has 1 aromatic rings. The van der Waals surface area contributed by atoms with Crippen LogP contribution >= 0.6 is 0 Å². The Morgan fingerprint density at radius 2 is 1.75 bits per heavy atom. The number of carbonyl (C=O) groups excluding carboxylic acids is 2. The van der Waals surface area contributed by atoms with E-state index in [0.717, 1.165) is 32.1 Å². The molecule has 1 heterocycles. The summed E-state index contributed by atoms with van der Waals surface area (Å²) in [7, 11) is 0. The molecule has 1 aliphatic carbocycles. The lowest BCUT2D eigenvalue weighted by Gasteiger charge is -2.18. The van der Waals surface area contributed by atoms with Gasteiger partial charge in [-0.3, -0.25) is 14.4 Å². The summed E-state index contributed by atoms with van der Waals surface area (Å²) in [6.45, 7) is 8.37. The highest BCUT2D eigenvalue weighted by atomic mass is 16.5. The van der Waals surface area contributed by atoms with Crippen LogP contribution in [0.1, 0.15) is 86.6 Å². The number of nitrogens with one attached hydrogen (secondary N) is 2. The number of hydrogen-bond donors (Lipinski definition) is 2. The Labute approximate surface area is 166 Å². The first-order chi connectivity index (χ1) is 13.3. The number of hydrogen-bond acceptors (Lipinski definition) is 4. The number of pyridine rings is 1. The van der Waals surface area contributed by atoms with E-state index < -0.39 is 17.2 Å². The monoisotopic (exact) mass is 391 g/mol. The fourth-order valence-electron chi connectivity index (χ4n) is 3.29. The predicted octanol–water partition coefficient (Wildman–Crippen LogP) is 2.65. The second-order valence-electron chi connectivity index (χ2n) is 7.76. The molecule has 1 saturated carbocycles. The first-order valence-electron chi connectivity index (χ1n) is 10.3. The van der Waals surface area contributed by atoms with E-state index in [-0.39, 0.29) is 29.3 Å². The Morgan fingerprint density at radius 3 is 2.32 bits per heavy atom. The van der Waals surface area contributed by atoms with Crippen LogP contribution in [0.25, 0.3) is 0 Å². The van der Waals surface area contributed by atoms with Gasteiger partial charge in [-0.1, -0.05) is 19.8 Å². The summed E-state index contributed by atoms with van der Waals surface area (Å²) in [5.74, 6) is -0.897. The quantitative estimate of drug-likeness (QED) is 0.633. The van der Waals surface area contributed by atoms with E-state index in [4.69, 9.17) is 4.74 Å². The van der Waals surface area contributed by atoms with Gasteiger partial charge in [0.25, 0.3) is 11.8 Å². The average molecular weight is 392 g/mol. The van der Waals surface area contributed by atoms with Crippen LogP contribution in [-0.4, -0.2) is 41.7 Å². The first kappa shape index (κ1) is 22.1. The summed E-state index contributed by atoms with van der Waals surface area (Å²) in [4.78, 5) is 38.1. The molecule has 156 valence electrons. The maximum absolute atomic E-state index is 12.9. The van der Waals surface area contributed by atoms with Gasteiger partial charge in [0, 0.05) is 31.0 Å². The highest BCUT2D eigenvalue weighted by molar-refractivity contribution is 5.99. The van der Waals surface area contributed by atoms with Crippen molar-refractivity contribution in [3.63, 3.8) is 0 Å². The topological polar surface area (TPSA) is 89.4 Å². The largest absolute Gasteiger partial charge is 0.377 e.